The second-order valence-corrected chi connectivity index (χ2v) is 4.17. The third kappa shape index (κ3) is 3.91. The lowest BCUT2D eigenvalue weighted by molar-refractivity contribution is -0.119. The lowest BCUT2D eigenvalue weighted by Gasteiger charge is -2.17. The first kappa shape index (κ1) is 12.0. The van der Waals surface area contributed by atoms with Crippen molar-refractivity contribution in [2.45, 2.75) is 13.0 Å². The van der Waals surface area contributed by atoms with Crippen LogP contribution in [0.1, 0.15) is 18.5 Å². The molecule has 0 fully saturated rings. The van der Waals surface area contributed by atoms with Gasteiger partial charge in [-0.15, -0.1) is 0 Å². The Hall–Kier alpha value is -1.03. The number of carbonyl (C=O) groups is 1. The lowest BCUT2D eigenvalue weighted by Crippen LogP contribution is -2.27. The van der Waals surface area contributed by atoms with Gasteiger partial charge in [-0.1, -0.05) is 12.1 Å². The fraction of sp³-hybridized carbons (Fsp3) is 0.364. The van der Waals surface area contributed by atoms with Gasteiger partial charge < -0.3 is 5.32 Å². The molecule has 0 aromatic heterocycles. The SMILES string of the molecule is CSC[C@@H](NC(C)=O)c1ccc(F)cc1. The minimum absolute atomic E-state index is 0.0434. The Morgan fingerprint density at radius 2 is 2.07 bits per heavy atom. The molecule has 1 rings (SSSR count). The van der Waals surface area contributed by atoms with Crippen LogP contribution in [0.25, 0.3) is 0 Å². The Morgan fingerprint density at radius 3 is 2.53 bits per heavy atom. The molecule has 82 valence electrons. The first-order chi connectivity index (χ1) is 7.13. The highest BCUT2D eigenvalue weighted by atomic mass is 32.2. The molecule has 0 saturated carbocycles. The van der Waals surface area contributed by atoms with Crippen molar-refractivity contribution in [2.24, 2.45) is 0 Å². The van der Waals surface area contributed by atoms with E-state index in [4.69, 9.17) is 0 Å². The van der Waals surface area contributed by atoms with E-state index in [2.05, 4.69) is 5.32 Å². The Bertz CT molecular complexity index is 326. The molecule has 0 bridgehead atoms. The average Bonchev–Trinajstić information content (AvgIpc) is 2.17. The van der Waals surface area contributed by atoms with Gasteiger partial charge in [0.25, 0.3) is 0 Å². The normalized spacial score (nSPS) is 12.2. The molecule has 0 aliphatic carbocycles. The summed E-state index contributed by atoms with van der Waals surface area (Å²) in [5.74, 6) is 0.452. The molecule has 1 N–H and O–H groups in total. The van der Waals surface area contributed by atoms with Crippen LogP contribution >= 0.6 is 11.8 Å². The van der Waals surface area contributed by atoms with Crippen molar-refractivity contribution in [1.29, 1.82) is 0 Å². The first-order valence-electron chi connectivity index (χ1n) is 4.65. The first-order valence-corrected chi connectivity index (χ1v) is 6.04. The van der Waals surface area contributed by atoms with Crippen LogP contribution in [0.3, 0.4) is 0 Å². The minimum Gasteiger partial charge on any atom is -0.349 e. The van der Waals surface area contributed by atoms with Gasteiger partial charge in [0.05, 0.1) is 6.04 Å². The molecule has 0 aliphatic rings. The maximum Gasteiger partial charge on any atom is 0.217 e. The number of rotatable bonds is 4. The maximum absolute atomic E-state index is 12.7. The number of nitrogens with one attached hydrogen (secondary N) is 1. The zero-order valence-electron chi connectivity index (χ0n) is 8.79. The summed E-state index contributed by atoms with van der Waals surface area (Å²) in [6.07, 6.45) is 1.97. The Kier molecular flexibility index (Phi) is 4.62. The molecule has 1 amide bonds. The molecule has 0 heterocycles. The zero-order valence-corrected chi connectivity index (χ0v) is 9.60. The second-order valence-electron chi connectivity index (χ2n) is 3.26. The summed E-state index contributed by atoms with van der Waals surface area (Å²) in [4.78, 5) is 11.0. The molecular formula is C11H14FNOS. The number of amides is 1. The summed E-state index contributed by atoms with van der Waals surface area (Å²) >= 11 is 1.64. The zero-order chi connectivity index (χ0) is 11.3. The molecule has 1 aromatic carbocycles. The molecule has 0 aliphatic heterocycles. The number of benzene rings is 1. The van der Waals surface area contributed by atoms with Crippen molar-refractivity contribution in [3.63, 3.8) is 0 Å². The second kappa shape index (κ2) is 5.75. The van der Waals surface area contributed by atoms with Crippen LogP contribution in [0.4, 0.5) is 4.39 Å². The van der Waals surface area contributed by atoms with Crippen molar-refractivity contribution in [2.75, 3.05) is 12.0 Å². The standard InChI is InChI=1S/C11H14FNOS/c1-8(14)13-11(7-15-2)9-3-5-10(12)6-4-9/h3-6,11H,7H2,1-2H3,(H,13,14)/t11-/m1/s1. The summed E-state index contributed by atoms with van der Waals surface area (Å²) in [5, 5.41) is 2.83. The fourth-order valence-corrected chi connectivity index (χ4v) is 1.94. The summed E-state index contributed by atoms with van der Waals surface area (Å²) < 4.78 is 12.7. The smallest absolute Gasteiger partial charge is 0.217 e. The van der Waals surface area contributed by atoms with E-state index < -0.39 is 0 Å². The van der Waals surface area contributed by atoms with Crippen LogP contribution in [0.15, 0.2) is 24.3 Å². The third-order valence-electron chi connectivity index (χ3n) is 1.98. The van der Waals surface area contributed by atoms with Crippen LogP contribution in [0, 0.1) is 5.82 Å². The van der Waals surface area contributed by atoms with E-state index in [-0.39, 0.29) is 17.8 Å². The van der Waals surface area contributed by atoms with Crippen molar-refractivity contribution in [1.82, 2.24) is 5.32 Å². The molecule has 15 heavy (non-hydrogen) atoms. The van der Waals surface area contributed by atoms with E-state index in [1.807, 2.05) is 6.26 Å². The molecular weight excluding hydrogens is 213 g/mol. The van der Waals surface area contributed by atoms with E-state index in [1.54, 1.807) is 23.9 Å². The Morgan fingerprint density at radius 1 is 1.47 bits per heavy atom. The molecule has 1 atom stereocenters. The van der Waals surface area contributed by atoms with Gasteiger partial charge in [0.15, 0.2) is 0 Å². The fourth-order valence-electron chi connectivity index (χ4n) is 1.33. The maximum atomic E-state index is 12.7. The minimum atomic E-state index is -0.260. The molecule has 2 nitrogen and oxygen atoms in total. The van der Waals surface area contributed by atoms with Crippen LogP contribution < -0.4 is 5.32 Å². The highest BCUT2D eigenvalue weighted by Crippen LogP contribution is 2.17. The van der Waals surface area contributed by atoms with Gasteiger partial charge in [0.2, 0.25) is 5.91 Å². The van der Waals surface area contributed by atoms with E-state index in [0.717, 1.165) is 11.3 Å². The van der Waals surface area contributed by atoms with Crippen molar-refractivity contribution in [3.8, 4) is 0 Å². The van der Waals surface area contributed by atoms with Crippen LogP contribution in [-0.4, -0.2) is 17.9 Å². The van der Waals surface area contributed by atoms with Gasteiger partial charge in [0.1, 0.15) is 5.82 Å². The summed E-state index contributed by atoms with van der Waals surface area (Å²) in [6.45, 7) is 1.48. The number of hydrogen-bond acceptors (Lipinski definition) is 2. The molecule has 0 saturated heterocycles. The van der Waals surface area contributed by atoms with Gasteiger partial charge >= 0.3 is 0 Å². The monoisotopic (exact) mass is 227 g/mol. The van der Waals surface area contributed by atoms with Gasteiger partial charge in [-0.2, -0.15) is 11.8 Å². The molecule has 1 aromatic rings. The summed E-state index contributed by atoms with van der Waals surface area (Å²) in [5.41, 5.74) is 0.931. The van der Waals surface area contributed by atoms with Gasteiger partial charge in [-0.05, 0) is 24.0 Å². The lowest BCUT2D eigenvalue weighted by atomic mass is 10.1. The molecule has 0 radical (unpaired) electrons. The predicted molar refractivity (Wildman–Crippen MR) is 61.3 cm³/mol. The average molecular weight is 227 g/mol. The van der Waals surface area contributed by atoms with Crippen molar-refractivity contribution in [3.05, 3.63) is 35.6 Å². The Balaban J connectivity index is 2.78. The van der Waals surface area contributed by atoms with Crippen molar-refractivity contribution < 1.29 is 9.18 Å². The van der Waals surface area contributed by atoms with Crippen molar-refractivity contribution >= 4 is 17.7 Å². The molecule has 0 spiro atoms. The van der Waals surface area contributed by atoms with Gasteiger partial charge in [-0.25, -0.2) is 4.39 Å². The van der Waals surface area contributed by atoms with Crippen LogP contribution in [0.5, 0.6) is 0 Å². The van der Waals surface area contributed by atoms with Gasteiger partial charge in [0, 0.05) is 12.7 Å². The molecule has 4 heteroatoms. The number of halogens is 1. The highest BCUT2D eigenvalue weighted by Gasteiger charge is 2.11. The van der Waals surface area contributed by atoms with E-state index in [0.29, 0.717) is 0 Å². The largest absolute Gasteiger partial charge is 0.349 e. The van der Waals surface area contributed by atoms with Gasteiger partial charge in [-0.3, -0.25) is 4.79 Å². The summed E-state index contributed by atoms with van der Waals surface area (Å²) in [6, 6.07) is 6.17. The number of carbonyl (C=O) groups excluding carboxylic acids is 1. The number of thioether (sulfide) groups is 1. The van der Waals surface area contributed by atoms with Crippen LogP contribution in [0.2, 0.25) is 0 Å². The topological polar surface area (TPSA) is 29.1 Å². The predicted octanol–water partition coefficient (Wildman–Crippen LogP) is 2.37. The third-order valence-corrected chi connectivity index (χ3v) is 2.65. The Labute approximate surface area is 93.3 Å². The van der Waals surface area contributed by atoms with Crippen LogP contribution in [-0.2, 0) is 4.79 Å². The van der Waals surface area contributed by atoms with E-state index in [9.17, 15) is 9.18 Å². The summed E-state index contributed by atoms with van der Waals surface area (Å²) in [7, 11) is 0. The quantitative estimate of drug-likeness (QED) is 0.855. The molecule has 0 unspecified atom stereocenters. The van der Waals surface area contributed by atoms with E-state index in [1.165, 1.54) is 19.1 Å². The number of hydrogen-bond donors (Lipinski definition) is 1. The highest BCUT2D eigenvalue weighted by molar-refractivity contribution is 7.98. The van der Waals surface area contributed by atoms with E-state index >= 15 is 0 Å².